The van der Waals surface area contributed by atoms with Crippen molar-refractivity contribution in [2.75, 3.05) is 12.4 Å². The minimum atomic E-state index is -0.0111. The van der Waals surface area contributed by atoms with Gasteiger partial charge in [-0.25, -0.2) is 0 Å². The third-order valence-electron chi connectivity index (χ3n) is 3.61. The van der Waals surface area contributed by atoms with Crippen LogP contribution in [0.25, 0.3) is 11.5 Å². The molecule has 3 aromatic rings. The Morgan fingerprint density at radius 2 is 1.88 bits per heavy atom. The molecule has 25 heavy (non-hydrogen) atoms. The van der Waals surface area contributed by atoms with Crippen LogP contribution < -0.4 is 4.74 Å². The molecule has 0 unspecified atom stereocenters. The maximum absolute atomic E-state index is 11.6. The van der Waals surface area contributed by atoms with Crippen LogP contribution in [0.3, 0.4) is 0 Å². The van der Waals surface area contributed by atoms with Crippen LogP contribution >= 0.6 is 11.8 Å². The fourth-order valence-electron chi connectivity index (χ4n) is 2.35. The van der Waals surface area contributed by atoms with Gasteiger partial charge in [-0.1, -0.05) is 42.1 Å². The van der Waals surface area contributed by atoms with Crippen molar-refractivity contribution in [3.8, 4) is 17.2 Å². The first-order valence-corrected chi connectivity index (χ1v) is 8.89. The van der Waals surface area contributed by atoms with Gasteiger partial charge in [0, 0.05) is 11.3 Å². The molecule has 0 saturated carbocycles. The number of para-hydroxylation sites is 1. The molecule has 6 heteroatoms. The molecule has 0 aliphatic carbocycles. The fourth-order valence-corrected chi connectivity index (χ4v) is 2.93. The number of benzene rings is 2. The van der Waals surface area contributed by atoms with Gasteiger partial charge >= 0.3 is 0 Å². The van der Waals surface area contributed by atoms with Crippen molar-refractivity contribution in [3.63, 3.8) is 0 Å². The van der Waals surface area contributed by atoms with E-state index >= 15 is 0 Å². The molecule has 0 aliphatic rings. The highest BCUT2D eigenvalue weighted by Crippen LogP contribution is 2.25. The Morgan fingerprint density at radius 1 is 1.12 bits per heavy atom. The zero-order chi connectivity index (χ0) is 17.6. The number of thioether (sulfide) groups is 1. The number of Topliss-reactive ketones (excluding diaryl/α,β-unsaturated/α-hetero) is 1. The summed E-state index contributed by atoms with van der Waals surface area (Å²) in [7, 11) is 0. The lowest BCUT2D eigenvalue weighted by Gasteiger charge is -2.08. The van der Waals surface area contributed by atoms with Crippen LogP contribution in [0.1, 0.15) is 22.8 Å². The molecule has 128 valence electrons. The number of carbonyl (C=O) groups excluding carboxylic acids is 1. The van der Waals surface area contributed by atoms with E-state index in [-0.39, 0.29) is 5.78 Å². The molecular weight excluding hydrogens is 336 g/mol. The Bertz CT molecular complexity index is 876. The summed E-state index contributed by atoms with van der Waals surface area (Å²) in [5.41, 5.74) is 2.62. The summed E-state index contributed by atoms with van der Waals surface area (Å²) < 4.78 is 11.4. The van der Waals surface area contributed by atoms with Crippen molar-refractivity contribution in [1.29, 1.82) is 0 Å². The zero-order valence-corrected chi connectivity index (χ0v) is 14.9. The molecule has 0 saturated heterocycles. The summed E-state index contributed by atoms with van der Waals surface area (Å²) in [5, 5.41) is 8.66. The van der Waals surface area contributed by atoms with Gasteiger partial charge in [-0.3, -0.25) is 4.79 Å². The smallest absolute Gasteiger partial charge is 0.276 e. The number of aryl methyl sites for hydroxylation is 1. The third kappa shape index (κ3) is 4.28. The number of hydrogen-bond donors (Lipinski definition) is 0. The third-order valence-corrected chi connectivity index (χ3v) is 4.40. The second-order valence-corrected chi connectivity index (χ2v) is 6.48. The molecule has 0 fully saturated rings. The van der Waals surface area contributed by atoms with Gasteiger partial charge in [0.25, 0.3) is 5.22 Å². The van der Waals surface area contributed by atoms with Crippen molar-refractivity contribution in [1.82, 2.24) is 10.2 Å². The molecule has 0 aliphatic heterocycles. The summed E-state index contributed by atoms with van der Waals surface area (Å²) in [6.45, 7) is 3.98. The molecule has 0 bridgehead atoms. The summed E-state index contributed by atoms with van der Waals surface area (Å²) in [4.78, 5) is 11.6. The van der Waals surface area contributed by atoms with E-state index in [4.69, 9.17) is 9.15 Å². The largest absolute Gasteiger partial charge is 0.492 e. The van der Waals surface area contributed by atoms with E-state index in [0.29, 0.717) is 34.8 Å². The Balaban J connectivity index is 1.56. The van der Waals surface area contributed by atoms with Crippen molar-refractivity contribution >= 4 is 17.5 Å². The average Bonchev–Trinajstić information content (AvgIpc) is 3.08. The number of nitrogens with zero attached hydrogens (tertiary/aromatic N) is 2. The van der Waals surface area contributed by atoms with E-state index in [2.05, 4.69) is 10.2 Å². The Hall–Kier alpha value is -2.60. The first-order valence-electron chi connectivity index (χ1n) is 7.90. The molecule has 0 N–H and O–H groups in total. The highest BCUT2D eigenvalue weighted by molar-refractivity contribution is 7.99. The number of carbonyl (C=O) groups is 1. The van der Waals surface area contributed by atoms with E-state index in [9.17, 15) is 4.79 Å². The van der Waals surface area contributed by atoms with Gasteiger partial charge in [0.1, 0.15) is 5.75 Å². The molecule has 0 spiro atoms. The van der Waals surface area contributed by atoms with E-state index in [1.54, 1.807) is 12.1 Å². The molecule has 5 nitrogen and oxygen atoms in total. The van der Waals surface area contributed by atoms with Gasteiger partial charge in [0.2, 0.25) is 5.89 Å². The second kappa shape index (κ2) is 7.98. The van der Waals surface area contributed by atoms with Gasteiger partial charge in [-0.2, -0.15) is 0 Å². The summed E-state index contributed by atoms with van der Waals surface area (Å²) in [6, 6.07) is 15.1. The molecule has 1 aromatic heterocycles. The molecule has 1 heterocycles. The monoisotopic (exact) mass is 354 g/mol. The molecular formula is C19H18N2O3S. The quantitative estimate of drug-likeness (QED) is 0.355. The minimum absolute atomic E-state index is 0.0111. The fraction of sp³-hybridized carbons (Fsp3) is 0.211. The van der Waals surface area contributed by atoms with Gasteiger partial charge in [-0.05, 0) is 37.6 Å². The van der Waals surface area contributed by atoms with Gasteiger partial charge < -0.3 is 9.15 Å². The van der Waals surface area contributed by atoms with Crippen molar-refractivity contribution < 1.29 is 13.9 Å². The number of aromatic nitrogens is 2. The second-order valence-electron chi connectivity index (χ2n) is 5.44. The standard InChI is InChI=1S/C19H18N2O3S/c1-13-7-3-4-8-15(13)18-20-21-19(24-18)25-12-11-23-17-10-6-5-9-16(17)14(2)22/h3-10H,11-12H2,1-2H3. The summed E-state index contributed by atoms with van der Waals surface area (Å²) in [6.07, 6.45) is 0. The lowest BCUT2D eigenvalue weighted by molar-refractivity contribution is 0.101. The van der Waals surface area contributed by atoms with Gasteiger partial charge in [0.05, 0.1) is 12.2 Å². The predicted molar refractivity (Wildman–Crippen MR) is 97.1 cm³/mol. The van der Waals surface area contributed by atoms with Crippen LogP contribution in [0, 0.1) is 6.92 Å². The predicted octanol–water partition coefficient (Wildman–Crippen LogP) is 4.42. The van der Waals surface area contributed by atoms with Crippen LogP contribution in [0.4, 0.5) is 0 Å². The van der Waals surface area contributed by atoms with E-state index in [0.717, 1.165) is 11.1 Å². The number of rotatable bonds is 7. The van der Waals surface area contributed by atoms with Crippen LogP contribution in [0.15, 0.2) is 58.2 Å². The molecule has 0 amide bonds. The Morgan fingerprint density at radius 3 is 2.68 bits per heavy atom. The SMILES string of the molecule is CC(=O)c1ccccc1OCCSc1nnc(-c2ccccc2C)o1. The molecule has 3 rings (SSSR count). The van der Waals surface area contributed by atoms with E-state index in [1.807, 2.05) is 43.3 Å². The lowest BCUT2D eigenvalue weighted by atomic mass is 10.1. The topological polar surface area (TPSA) is 65.2 Å². The van der Waals surface area contributed by atoms with Gasteiger partial charge in [0.15, 0.2) is 5.78 Å². The average molecular weight is 354 g/mol. The summed E-state index contributed by atoms with van der Waals surface area (Å²) in [5.74, 6) is 1.75. The van der Waals surface area contributed by atoms with Crippen molar-refractivity contribution in [3.05, 3.63) is 59.7 Å². The maximum Gasteiger partial charge on any atom is 0.276 e. The van der Waals surface area contributed by atoms with Crippen LogP contribution in [0.5, 0.6) is 5.75 Å². The number of ketones is 1. The Labute approximate surface area is 150 Å². The maximum atomic E-state index is 11.6. The van der Waals surface area contributed by atoms with E-state index in [1.165, 1.54) is 18.7 Å². The normalized spacial score (nSPS) is 10.6. The highest BCUT2D eigenvalue weighted by atomic mass is 32.2. The van der Waals surface area contributed by atoms with Crippen molar-refractivity contribution in [2.45, 2.75) is 19.1 Å². The molecule has 2 aromatic carbocycles. The van der Waals surface area contributed by atoms with Crippen molar-refractivity contribution in [2.24, 2.45) is 0 Å². The van der Waals surface area contributed by atoms with Crippen LogP contribution in [-0.2, 0) is 0 Å². The first-order chi connectivity index (χ1) is 12.1. The Kier molecular flexibility index (Phi) is 5.50. The first kappa shape index (κ1) is 17.2. The van der Waals surface area contributed by atoms with Crippen LogP contribution in [-0.4, -0.2) is 28.3 Å². The van der Waals surface area contributed by atoms with E-state index < -0.39 is 0 Å². The zero-order valence-electron chi connectivity index (χ0n) is 14.1. The minimum Gasteiger partial charge on any atom is -0.492 e. The van der Waals surface area contributed by atoms with Gasteiger partial charge in [-0.15, -0.1) is 10.2 Å². The number of hydrogen-bond acceptors (Lipinski definition) is 6. The molecule has 0 radical (unpaired) electrons. The number of ether oxygens (including phenoxy) is 1. The highest BCUT2D eigenvalue weighted by Gasteiger charge is 2.11. The van der Waals surface area contributed by atoms with Crippen LogP contribution in [0.2, 0.25) is 0 Å². The molecule has 0 atom stereocenters. The lowest BCUT2D eigenvalue weighted by Crippen LogP contribution is -2.04. The summed E-state index contributed by atoms with van der Waals surface area (Å²) >= 11 is 1.43.